The molecular formula is C25H32F3N5O2S. The lowest BCUT2D eigenvalue weighted by Crippen LogP contribution is -2.44. The van der Waals surface area contributed by atoms with Crippen molar-refractivity contribution in [2.75, 3.05) is 31.1 Å². The van der Waals surface area contributed by atoms with Gasteiger partial charge < -0.3 is 15.5 Å². The summed E-state index contributed by atoms with van der Waals surface area (Å²) in [5, 5.41) is 9.21. The number of unbranched alkanes of at least 4 members (excludes halogenated alkanes) is 4. The second-order valence-corrected chi connectivity index (χ2v) is 10.3. The quantitative estimate of drug-likeness (QED) is 0.368. The van der Waals surface area contributed by atoms with Gasteiger partial charge in [0.1, 0.15) is 5.54 Å². The van der Waals surface area contributed by atoms with Crippen LogP contribution in [0.4, 0.5) is 18.9 Å². The lowest BCUT2D eigenvalue weighted by atomic mass is 10.0. The van der Waals surface area contributed by atoms with Gasteiger partial charge in [-0.3, -0.25) is 14.5 Å². The van der Waals surface area contributed by atoms with E-state index in [0.29, 0.717) is 6.54 Å². The molecule has 2 fully saturated rings. The largest absolute Gasteiger partial charge is 0.417 e. The van der Waals surface area contributed by atoms with Crippen molar-refractivity contribution < 1.29 is 22.8 Å². The van der Waals surface area contributed by atoms with Crippen LogP contribution >= 0.6 is 12.2 Å². The van der Waals surface area contributed by atoms with Crippen molar-refractivity contribution in [1.82, 2.24) is 9.80 Å². The third-order valence-corrected chi connectivity index (χ3v) is 7.44. The summed E-state index contributed by atoms with van der Waals surface area (Å²) in [6, 6.07) is 4.76. The topological polar surface area (TPSA) is 93.7 Å². The summed E-state index contributed by atoms with van der Waals surface area (Å²) in [6.45, 7) is 6.54. The van der Waals surface area contributed by atoms with Crippen LogP contribution in [0.1, 0.15) is 63.5 Å². The van der Waals surface area contributed by atoms with E-state index < -0.39 is 28.7 Å². The van der Waals surface area contributed by atoms with Crippen molar-refractivity contribution in [3.05, 3.63) is 29.3 Å². The van der Waals surface area contributed by atoms with E-state index >= 15 is 0 Å². The van der Waals surface area contributed by atoms with Crippen molar-refractivity contribution in [2.45, 2.75) is 64.1 Å². The Morgan fingerprint density at radius 3 is 2.42 bits per heavy atom. The van der Waals surface area contributed by atoms with Crippen LogP contribution in [0.15, 0.2) is 18.2 Å². The van der Waals surface area contributed by atoms with E-state index in [4.69, 9.17) is 23.2 Å². The number of benzene rings is 1. The van der Waals surface area contributed by atoms with E-state index in [2.05, 4.69) is 4.90 Å². The molecule has 1 aromatic rings. The summed E-state index contributed by atoms with van der Waals surface area (Å²) in [7, 11) is 0. The number of nitrogens with two attached hydrogens (primary N) is 1. The van der Waals surface area contributed by atoms with E-state index in [0.717, 1.165) is 75.2 Å². The molecule has 2 heterocycles. The molecule has 0 aliphatic carbocycles. The van der Waals surface area contributed by atoms with Gasteiger partial charge in [0.2, 0.25) is 5.91 Å². The number of likely N-dealkylation sites (tertiary alicyclic amines) is 1. The molecule has 2 saturated heterocycles. The molecule has 0 aromatic heterocycles. The van der Waals surface area contributed by atoms with E-state index in [1.807, 2.05) is 0 Å². The van der Waals surface area contributed by atoms with Gasteiger partial charge >= 0.3 is 6.18 Å². The Labute approximate surface area is 215 Å². The van der Waals surface area contributed by atoms with Gasteiger partial charge in [-0.2, -0.15) is 18.4 Å². The second kappa shape index (κ2) is 11.1. The lowest BCUT2D eigenvalue weighted by Gasteiger charge is -2.29. The third-order valence-electron chi connectivity index (χ3n) is 7.04. The number of carbonyl (C=O) groups is 2. The van der Waals surface area contributed by atoms with Crippen molar-refractivity contribution in [1.29, 1.82) is 5.26 Å². The van der Waals surface area contributed by atoms with Gasteiger partial charge in [0, 0.05) is 13.1 Å². The molecule has 0 unspecified atom stereocenters. The number of hydrogen-bond donors (Lipinski definition) is 1. The number of halogens is 3. The Balaban J connectivity index is 1.52. The SMILES string of the molecule is CC1(C)C(=O)N(c2ccc(C#N)c(C(F)(F)F)c2)C(=S)N1CCCCCCCN1CC[C@@H](C(N)=O)C1. The number of thiocarbonyl (C=S) groups is 1. The Kier molecular flexibility index (Phi) is 8.62. The second-order valence-electron chi connectivity index (χ2n) is 9.93. The molecule has 3 rings (SSSR count). The fraction of sp³-hybridized carbons (Fsp3) is 0.600. The van der Waals surface area contributed by atoms with Crippen molar-refractivity contribution in [3.8, 4) is 6.07 Å². The molecular weight excluding hydrogens is 491 g/mol. The predicted octanol–water partition coefficient (Wildman–Crippen LogP) is 4.05. The zero-order valence-corrected chi connectivity index (χ0v) is 21.4. The van der Waals surface area contributed by atoms with Crippen LogP contribution in [0, 0.1) is 17.2 Å². The molecule has 2 N–H and O–H groups in total. The minimum Gasteiger partial charge on any atom is -0.369 e. The van der Waals surface area contributed by atoms with Crippen molar-refractivity contribution in [2.24, 2.45) is 11.7 Å². The Morgan fingerprint density at radius 1 is 1.19 bits per heavy atom. The average Bonchev–Trinajstić information content (AvgIpc) is 3.34. The molecule has 2 amide bonds. The Morgan fingerprint density at radius 2 is 1.83 bits per heavy atom. The summed E-state index contributed by atoms with van der Waals surface area (Å²) in [5.74, 6) is -0.660. The van der Waals surface area contributed by atoms with Crippen LogP contribution in [0.25, 0.3) is 0 Å². The van der Waals surface area contributed by atoms with E-state index in [9.17, 15) is 22.8 Å². The molecule has 196 valence electrons. The Bertz CT molecular complexity index is 1050. The molecule has 1 atom stereocenters. The zero-order valence-electron chi connectivity index (χ0n) is 20.6. The highest BCUT2D eigenvalue weighted by Crippen LogP contribution is 2.38. The van der Waals surface area contributed by atoms with Crippen molar-refractivity contribution in [3.63, 3.8) is 0 Å². The highest BCUT2D eigenvalue weighted by Gasteiger charge is 2.49. The molecule has 2 aliphatic heterocycles. The van der Waals surface area contributed by atoms with E-state index in [-0.39, 0.29) is 22.6 Å². The number of carbonyl (C=O) groups excluding carboxylic acids is 2. The summed E-state index contributed by atoms with van der Waals surface area (Å²) in [4.78, 5) is 29.6. The molecule has 36 heavy (non-hydrogen) atoms. The first kappa shape index (κ1) is 27.9. The molecule has 0 saturated carbocycles. The Hall–Kier alpha value is -2.71. The van der Waals surface area contributed by atoms with Gasteiger partial charge in [0.25, 0.3) is 5.91 Å². The first-order valence-corrected chi connectivity index (χ1v) is 12.6. The van der Waals surface area contributed by atoms with E-state index in [1.54, 1.807) is 24.8 Å². The van der Waals surface area contributed by atoms with Crippen molar-refractivity contribution >= 4 is 34.8 Å². The molecule has 7 nitrogen and oxygen atoms in total. The fourth-order valence-corrected chi connectivity index (χ4v) is 5.35. The monoisotopic (exact) mass is 523 g/mol. The number of rotatable bonds is 10. The highest BCUT2D eigenvalue weighted by atomic mass is 32.1. The van der Waals surface area contributed by atoms with E-state index in [1.165, 1.54) is 6.07 Å². The number of nitriles is 1. The lowest BCUT2D eigenvalue weighted by molar-refractivity contribution is -0.137. The highest BCUT2D eigenvalue weighted by molar-refractivity contribution is 7.80. The first-order valence-electron chi connectivity index (χ1n) is 12.2. The first-order chi connectivity index (χ1) is 16.9. The molecule has 2 aliphatic rings. The predicted molar refractivity (Wildman–Crippen MR) is 134 cm³/mol. The average molecular weight is 524 g/mol. The van der Waals surface area contributed by atoms with Gasteiger partial charge in [-0.1, -0.05) is 19.3 Å². The molecule has 11 heteroatoms. The van der Waals surface area contributed by atoms with Gasteiger partial charge in [0.15, 0.2) is 5.11 Å². The number of hydrogen-bond acceptors (Lipinski definition) is 5. The number of anilines is 1. The van der Waals surface area contributed by atoms with Gasteiger partial charge in [-0.25, -0.2) is 0 Å². The molecule has 0 spiro atoms. The molecule has 0 bridgehead atoms. The maximum atomic E-state index is 13.4. The van der Waals surface area contributed by atoms with Gasteiger partial charge in [-0.05, 0) is 76.6 Å². The standard InChI is InChI=1S/C25H32F3N5O2S/c1-24(2)22(35)33(19-9-8-17(15-29)20(14-19)25(26,27)28)23(36)32(24)12-7-5-3-4-6-11-31-13-10-18(16-31)21(30)34/h8-9,14,18H,3-7,10-13,16H2,1-2H3,(H2,30,34)/t18-/m1/s1. The van der Waals surface area contributed by atoms with Gasteiger partial charge in [0.05, 0.1) is 28.8 Å². The van der Waals surface area contributed by atoms with Crippen LogP contribution in [-0.2, 0) is 15.8 Å². The number of primary amides is 1. The maximum Gasteiger partial charge on any atom is 0.417 e. The summed E-state index contributed by atoms with van der Waals surface area (Å²) in [5.41, 5.74) is 2.80. The normalized spacial score (nSPS) is 20.3. The summed E-state index contributed by atoms with van der Waals surface area (Å²) in [6.07, 6.45) is 0.918. The minimum absolute atomic E-state index is 0.00684. The fourth-order valence-electron chi connectivity index (χ4n) is 4.85. The summed E-state index contributed by atoms with van der Waals surface area (Å²) < 4.78 is 40.3. The van der Waals surface area contributed by atoms with Crippen LogP contribution in [0.5, 0.6) is 0 Å². The third kappa shape index (κ3) is 5.98. The maximum absolute atomic E-state index is 13.4. The zero-order chi connectivity index (χ0) is 26.7. The van der Waals surface area contributed by atoms with Crippen LogP contribution in [0.2, 0.25) is 0 Å². The van der Waals surface area contributed by atoms with Crippen LogP contribution in [-0.4, -0.2) is 58.4 Å². The minimum atomic E-state index is -4.72. The number of alkyl halides is 3. The van der Waals surface area contributed by atoms with Crippen LogP contribution < -0.4 is 10.6 Å². The van der Waals surface area contributed by atoms with Crippen LogP contribution in [0.3, 0.4) is 0 Å². The van der Waals surface area contributed by atoms with Gasteiger partial charge in [-0.15, -0.1) is 0 Å². The number of nitrogens with zero attached hydrogens (tertiary/aromatic N) is 4. The molecule has 0 radical (unpaired) electrons. The number of amides is 2. The summed E-state index contributed by atoms with van der Waals surface area (Å²) >= 11 is 5.52. The molecule has 1 aromatic carbocycles. The smallest absolute Gasteiger partial charge is 0.369 e.